The number of nitrogens with zero attached hydrogens (tertiary/aromatic N) is 3. The molecule has 1 aliphatic rings. The van der Waals surface area contributed by atoms with Crippen molar-refractivity contribution in [2.24, 2.45) is 5.92 Å². The van der Waals surface area contributed by atoms with Crippen LogP contribution >= 0.6 is 11.8 Å². The lowest BCUT2D eigenvalue weighted by atomic mass is 10.2. The summed E-state index contributed by atoms with van der Waals surface area (Å²) in [7, 11) is 0. The second-order valence-electron chi connectivity index (χ2n) is 3.61. The van der Waals surface area contributed by atoms with E-state index in [2.05, 4.69) is 12.0 Å². The first-order chi connectivity index (χ1) is 6.74. The number of aromatic nitrogens is 2. The number of hydrogen-bond donors (Lipinski definition) is 1. The molecule has 0 bridgehead atoms. The van der Waals surface area contributed by atoms with Gasteiger partial charge in [0.15, 0.2) is 0 Å². The summed E-state index contributed by atoms with van der Waals surface area (Å²) < 4.78 is 1.83. The van der Waals surface area contributed by atoms with Crippen molar-refractivity contribution in [3.8, 4) is 5.40 Å². The highest BCUT2D eigenvalue weighted by molar-refractivity contribution is 8.03. The maximum absolute atomic E-state index is 8.53. The minimum Gasteiger partial charge on any atom is -0.383 e. The van der Waals surface area contributed by atoms with Gasteiger partial charge in [0.25, 0.3) is 0 Å². The smallest absolute Gasteiger partial charge is 0.138 e. The Morgan fingerprint density at radius 1 is 1.79 bits per heavy atom. The Kier molecular flexibility index (Phi) is 2.38. The predicted molar refractivity (Wildman–Crippen MR) is 55.5 cm³/mol. The number of hydrogen-bond acceptors (Lipinski definition) is 4. The summed E-state index contributed by atoms with van der Waals surface area (Å²) in [6.07, 6.45) is 4.20. The molecule has 0 spiro atoms. The normalized spacial score (nSPS) is 17.7. The number of thioether (sulfide) groups is 1. The van der Waals surface area contributed by atoms with Crippen molar-refractivity contribution in [3.05, 3.63) is 6.20 Å². The van der Waals surface area contributed by atoms with E-state index in [-0.39, 0.29) is 0 Å². The highest BCUT2D eigenvalue weighted by atomic mass is 32.2. The number of nitrogens with two attached hydrogens (primary N) is 1. The van der Waals surface area contributed by atoms with Gasteiger partial charge in [0, 0.05) is 0 Å². The summed E-state index contributed by atoms with van der Waals surface area (Å²) in [6.45, 7) is 2.13. The highest BCUT2D eigenvalue weighted by Gasteiger charge is 2.30. The van der Waals surface area contributed by atoms with E-state index in [1.807, 2.05) is 10.1 Å². The molecule has 1 unspecified atom stereocenters. The van der Waals surface area contributed by atoms with Crippen LogP contribution in [0.3, 0.4) is 0 Å². The molecule has 5 heteroatoms. The largest absolute Gasteiger partial charge is 0.383 e. The molecule has 1 heterocycles. The minimum absolute atomic E-state index is 0.364. The zero-order valence-electron chi connectivity index (χ0n) is 7.97. The van der Waals surface area contributed by atoms with E-state index >= 15 is 0 Å². The third-order valence-electron chi connectivity index (χ3n) is 2.64. The zero-order chi connectivity index (χ0) is 10.1. The van der Waals surface area contributed by atoms with Gasteiger partial charge in [0.05, 0.1) is 17.1 Å². The molecule has 4 nitrogen and oxygen atoms in total. The molecular weight excluding hydrogens is 196 g/mol. The van der Waals surface area contributed by atoms with Crippen LogP contribution in [0.15, 0.2) is 11.1 Å². The molecular formula is C9H12N4S. The molecule has 0 aliphatic heterocycles. The van der Waals surface area contributed by atoms with Crippen LogP contribution in [0, 0.1) is 16.6 Å². The first kappa shape index (κ1) is 9.41. The van der Waals surface area contributed by atoms with Crippen molar-refractivity contribution < 1.29 is 0 Å². The SMILES string of the molecule is CC(C1CC1)n1ncc(SC#N)c1N. The summed E-state index contributed by atoms with van der Waals surface area (Å²) in [5.41, 5.74) is 5.88. The number of nitrogen functional groups attached to an aromatic ring is 1. The second kappa shape index (κ2) is 3.54. The molecule has 0 amide bonds. The van der Waals surface area contributed by atoms with E-state index in [4.69, 9.17) is 11.0 Å². The summed E-state index contributed by atoms with van der Waals surface area (Å²) in [5, 5.41) is 14.8. The van der Waals surface area contributed by atoms with Gasteiger partial charge < -0.3 is 5.73 Å². The Bertz CT molecular complexity index is 375. The van der Waals surface area contributed by atoms with E-state index in [1.165, 1.54) is 12.8 Å². The Hall–Kier alpha value is -1.15. The highest BCUT2D eigenvalue weighted by Crippen LogP contribution is 2.41. The summed E-state index contributed by atoms with van der Waals surface area (Å²) in [6, 6.07) is 0.364. The van der Waals surface area contributed by atoms with E-state index in [0.717, 1.165) is 22.6 Å². The Labute approximate surface area is 87.1 Å². The number of nitriles is 1. The summed E-state index contributed by atoms with van der Waals surface area (Å²) in [5.74, 6) is 1.34. The molecule has 74 valence electrons. The molecule has 0 saturated heterocycles. The standard InChI is InChI=1S/C9H12N4S/c1-6(7-2-3-7)13-9(11)8(4-12-13)14-5-10/h4,6-7H,2-3,11H2,1H3. The second-order valence-corrected chi connectivity index (χ2v) is 4.44. The monoisotopic (exact) mass is 208 g/mol. The lowest BCUT2D eigenvalue weighted by Crippen LogP contribution is -2.11. The maximum Gasteiger partial charge on any atom is 0.138 e. The Morgan fingerprint density at radius 2 is 2.50 bits per heavy atom. The van der Waals surface area contributed by atoms with Crippen LogP contribution in [0.5, 0.6) is 0 Å². The third kappa shape index (κ3) is 1.58. The number of anilines is 1. The van der Waals surface area contributed by atoms with Crippen LogP contribution in [0.4, 0.5) is 5.82 Å². The molecule has 1 aliphatic carbocycles. The fraction of sp³-hybridized carbons (Fsp3) is 0.556. The fourth-order valence-corrected chi connectivity index (χ4v) is 1.98. The zero-order valence-corrected chi connectivity index (χ0v) is 8.79. The van der Waals surface area contributed by atoms with Crippen LogP contribution in [-0.2, 0) is 0 Å². The maximum atomic E-state index is 8.53. The summed E-state index contributed by atoms with van der Waals surface area (Å²) >= 11 is 1.07. The Morgan fingerprint density at radius 3 is 3.07 bits per heavy atom. The van der Waals surface area contributed by atoms with Gasteiger partial charge in [0.1, 0.15) is 11.2 Å². The van der Waals surface area contributed by atoms with Gasteiger partial charge in [0.2, 0.25) is 0 Å². The van der Waals surface area contributed by atoms with Gasteiger partial charge in [-0.2, -0.15) is 10.4 Å². The van der Waals surface area contributed by atoms with Gasteiger partial charge in [-0.05, 0) is 37.4 Å². The number of rotatable bonds is 3. The van der Waals surface area contributed by atoms with Gasteiger partial charge in [-0.3, -0.25) is 0 Å². The van der Waals surface area contributed by atoms with E-state index in [9.17, 15) is 0 Å². The lowest BCUT2D eigenvalue weighted by molar-refractivity contribution is 0.446. The van der Waals surface area contributed by atoms with Crippen LogP contribution < -0.4 is 5.73 Å². The molecule has 1 saturated carbocycles. The lowest BCUT2D eigenvalue weighted by Gasteiger charge is -2.12. The topological polar surface area (TPSA) is 67.6 Å². The van der Waals surface area contributed by atoms with Crippen molar-refractivity contribution in [1.82, 2.24) is 9.78 Å². The minimum atomic E-state index is 0.364. The molecule has 2 rings (SSSR count). The molecule has 0 aromatic carbocycles. The molecule has 1 atom stereocenters. The van der Waals surface area contributed by atoms with Gasteiger partial charge >= 0.3 is 0 Å². The molecule has 1 fully saturated rings. The van der Waals surface area contributed by atoms with Gasteiger partial charge in [-0.25, -0.2) is 4.68 Å². The number of thiocyanates is 1. The first-order valence-electron chi connectivity index (χ1n) is 4.63. The van der Waals surface area contributed by atoms with Crippen molar-refractivity contribution in [2.45, 2.75) is 30.7 Å². The fourth-order valence-electron chi connectivity index (χ4n) is 1.59. The average Bonchev–Trinajstić information content (AvgIpc) is 2.94. The molecule has 14 heavy (non-hydrogen) atoms. The molecule has 1 aromatic rings. The first-order valence-corrected chi connectivity index (χ1v) is 5.44. The van der Waals surface area contributed by atoms with Crippen LogP contribution in [0.2, 0.25) is 0 Å². The van der Waals surface area contributed by atoms with Gasteiger partial charge in [-0.1, -0.05) is 0 Å². The predicted octanol–water partition coefficient (Wildman–Crippen LogP) is 2.01. The van der Waals surface area contributed by atoms with Crippen molar-refractivity contribution >= 4 is 17.6 Å². The van der Waals surface area contributed by atoms with E-state index in [0.29, 0.717) is 11.9 Å². The van der Waals surface area contributed by atoms with Crippen molar-refractivity contribution in [1.29, 1.82) is 5.26 Å². The van der Waals surface area contributed by atoms with Crippen LogP contribution in [0.1, 0.15) is 25.8 Å². The van der Waals surface area contributed by atoms with Crippen molar-refractivity contribution in [2.75, 3.05) is 5.73 Å². The van der Waals surface area contributed by atoms with E-state index < -0.39 is 0 Å². The van der Waals surface area contributed by atoms with Crippen LogP contribution in [0.25, 0.3) is 0 Å². The Balaban J connectivity index is 2.22. The summed E-state index contributed by atoms with van der Waals surface area (Å²) in [4.78, 5) is 0.764. The molecule has 1 aromatic heterocycles. The van der Waals surface area contributed by atoms with Crippen molar-refractivity contribution in [3.63, 3.8) is 0 Å². The average molecular weight is 208 g/mol. The molecule has 2 N–H and O–H groups in total. The quantitative estimate of drug-likeness (QED) is 0.609. The van der Waals surface area contributed by atoms with Gasteiger partial charge in [-0.15, -0.1) is 0 Å². The molecule has 0 radical (unpaired) electrons. The van der Waals surface area contributed by atoms with E-state index in [1.54, 1.807) is 6.20 Å². The van der Waals surface area contributed by atoms with Crippen LogP contribution in [-0.4, -0.2) is 9.78 Å². The third-order valence-corrected chi connectivity index (χ3v) is 3.27.